The molecule has 1 aliphatic rings. The summed E-state index contributed by atoms with van der Waals surface area (Å²) in [6.07, 6.45) is 0. The van der Waals surface area contributed by atoms with Crippen LogP contribution in [0, 0.1) is 0 Å². The van der Waals surface area contributed by atoms with Gasteiger partial charge in [0.05, 0.1) is 33.7 Å². The highest BCUT2D eigenvalue weighted by atomic mass is 35.5. The number of hydrogen-bond acceptors (Lipinski definition) is 7. The molecule has 0 aromatic heterocycles. The second-order valence-electron chi connectivity index (χ2n) is 7.55. The fourth-order valence-electron chi connectivity index (χ4n) is 3.42. The fourth-order valence-corrected chi connectivity index (χ4v) is 4.74. The van der Waals surface area contributed by atoms with E-state index in [1.165, 1.54) is 0 Å². The molecule has 176 valence electrons. The van der Waals surface area contributed by atoms with Crippen molar-refractivity contribution in [2.24, 2.45) is 0 Å². The normalized spacial score (nSPS) is 16.3. The number of rotatable bonds is 10. The molecule has 1 heterocycles. The van der Waals surface area contributed by atoms with Crippen LogP contribution in [-0.4, -0.2) is 62.2 Å². The third-order valence-electron chi connectivity index (χ3n) is 4.91. The smallest absolute Gasteiger partial charge is 0.336 e. The summed E-state index contributed by atoms with van der Waals surface area (Å²) in [6, 6.07) is 5.16. The number of allylic oxidation sites excluding steroid dienone is 2. The van der Waals surface area contributed by atoms with E-state index in [0.29, 0.717) is 38.9 Å². The van der Waals surface area contributed by atoms with Crippen molar-refractivity contribution in [3.05, 3.63) is 56.3 Å². The molecule has 1 N–H and O–H groups in total. The van der Waals surface area contributed by atoms with Crippen LogP contribution in [-0.2, 0) is 19.1 Å². The molecule has 0 aliphatic carbocycles. The predicted octanol–water partition coefficient (Wildman–Crippen LogP) is 4.63. The van der Waals surface area contributed by atoms with Gasteiger partial charge in [0, 0.05) is 29.4 Å². The summed E-state index contributed by atoms with van der Waals surface area (Å²) in [5.41, 5.74) is 2.38. The molecule has 0 bridgehead atoms. The molecule has 1 aromatic carbocycles. The summed E-state index contributed by atoms with van der Waals surface area (Å²) in [4.78, 5) is 28.1. The summed E-state index contributed by atoms with van der Waals surface area (Å²) in [6.45, 7) is 6.70. The van der Waals surface area contributed by atoms with Crippen molar-refractivity contribution in [2.45, 2.75) is 26.7 Å². The van der Waals surface area contributed by atoms with Crippen molar-refractivity contribution < 1.29 is 19.1 Å². The molecule has 1 aromatic rings. The zero-order chi connectivity index (χ0) is 23.8. The largest absolute Gasteiger partial charge is 0.463 e. The van der Waals surface area contributed by atoms with Crippen LogP contribution in [0.25, 0.3) is 0 Å². The van der Waals surface area contributed by atoms with E-state index in [9.17, 15) is 9.59 Å². The SMILES string of the molecule is CCOC(=O)C1=C(C)NC(C)=C(C(=O)OCCSCCN(C)C)C1c1cccc(Cl)c1Cl. The summed E-state index contributed by atoms with van der Waals surface area (Å²) in [5.74, 6) is -0.144. The van der Waals surface area contributed by atoms with Crippen molar-refractivity contribution >= 4 is 46.9 Å². The number of esters is 2. The third-order valence-corrected chi connectivity index (χ3v) is 6.67. The van der Waals surface area contributed by atoms with E-state index in [0.717, 1.165) is 12.3 Å². The number of nitrogens with one attached hydrogen (secondary N) is 1. The molecule has 1 aliphatic heterocycles. The van der Waals surface area contributed by atoms with Gasteiger partial charge in [0.1, 0.15) is 6.61 Å². The Labute approximate surface area is 204 Å². The Hall–Kier alpha value is -1.67. The quantitative estimate of drug-likeness (QED) is 0.371. The number of nitrogens with zero attached hydrogens (tertiary/aromatic N) is 1. The number of ether oxygens (including phenoxy) is 2. The van der Waals surface area contributed by atoms with Crippen molar-refractivity contribution in [1.29, 1.82) is 0 Å². The molecule has 0 saturated heterocycles. The molecule has 0 radical (unpaired) electrons. The van der Waals surface area contributed by atoms with Crippen LogP contribution in [0.3, 0.4) is 0 Å². The lowest BCUT2D eigenvalue weighted by Crippen LogP contribution is -2.33. The highest BCUT2D eigenvalue weighted by molar-refractivity contribution is 7.99. The number of thioether (sulfide) groups is 1. The summed E-state index contributed by atoms with van der Waals surface area (Å²) >= 11 is 14.5. The van der Waals surface area contributed by atoms with Crippen LogP contribution < -0.4 is 5.32 Å². The van der Waals surface area contributed by atoms with E-state index in [1.807, 2.05) is 14.1 Å². The van der Waals surface area contributed by atoms with E-state index in [4.69, 9.17) is 32.7 Å². The zero-order valence-electron chi connectivity index (χ0n) is 19.1. The van der Waals surface area contributed by atoms with Gasteiger partial charge in [-0.1, -0.05) is 35.3 Å². The molecule has 1 atom stereocenters. The highest BCUT2D eigenvalue weighted by Crippen LogP contribution is 2.43. The predicted molar refractivity (Wildman–Crippen MR) is 131 cm³/mol. The van der Waals surface area contributed by atoms with Gasteiger partial charge in [-0.3, -0.25) is 0 Å². The van der Waals surface area contributed by atoms with Crippen molar-refractivity contribution in [1.82, 2.24) is 10.2 Å². The van der Waals surface area contributed by atoms with Gasteiger partial charge in [-0.15, -0.1) is 0 Å². The van der Waals surface area contributed by atoms with Crippen molar-refractivity contribution in [3.63, 3.8) is 0 Å². The summed E-state index contributed by atoms with van der Waals surface area (Å²) < 4.78 is 10.9. The van der Waals surface area contributed by atoms with Gasteiger partial charge in [0.15, 0.2) is 0 Å². The topological polar surface area (TPSA) is 67.9 Å². The zero-order valence-corrected chi connectivity index (χ0v) is 21.4. The first kappa shape index (κ1) is 26.6. The molecule has 6 nitrogen and oxygen atoms in total. The van der Waals surface area contributed by atoms with Crippen LogP contribution in [0.5, 0.6) is 0 Å². The average molecular weight is 501 g/mol. The van der Waals surface area contributed by atoms with Crippen LogP contribution in [0.1, 0.15) is 32.3 Å². The third kappa shape index (κ3) is 6.67. The molecule has 2 rings (SSSR count). The second kappa shape index (κ2) is 12.5. The summed E-state index contributed by atoms with van der Waals surface area (Å²) in [5, 5.41) is 3.75. The van der Waals surface area contributed by atoms with Gasteiger partial charge < -0.3 is 19.7 Å². The Morgan fingerprint density at radius 2 is 1.69 bits per heavy atom. The standard InChI is InChI=1S/C23H30Cl2N2O4S/c1-6-30-22(28)18-14(2)26-15(3)19(20(18)16-8-7-9-17(24)21(16)25)23(29)31-11-13-32-12-10-27(4)5/h7-9,20,26H,6,10-13H2,1-5H3. The maximum Gasteiger partial charge on any atom is 0.336 e. The molecule has 0 saturated carbocycles. The van der Waals surface area contributed by atoms with Crippen LogP contribution in [0.15, 0.2) is 40.7 Å². The lowest BCUT2D eigenvalue weighted by Gasteiger charge is -2.31. The number of carbonyl (C=O) groups excluding carboxylic acids is 2. The minimum Gasteiger partial charge on any atom is -0.463 e. The van der Waals surface area contributed by atoms with Gasteiger partial charge in [0.25, 0.3) is 0 Å². The Morgan fingerprint density at radius 3 is 2.28 bits per heavy atom. The molecular formula is C23H30Cl2N2O4S. The first-order chi connectivity index (χ1) is 15.2. The lowest BCUT2D eigenvalue weighted by molar-refractivity contribution is -0.139. The molecular weight excluding hydrogens is 471 g/mol. The molecule has 0 fully saturated rings. The molecule has 1 unspecified atom stereocenters. The van der Waals surface area contributed by atoms with E-state index < -0.39 is 17.9 Å². The number of hydrogen-bond donors (Lipinski definition) is 1. The fraction of sp³-hybridized carbons (Fsp3) is 0.478. The lowest BCUT2D eigenvalue weighted by atomic mass is 9.80. The number of dihydropyridines is 1. The van der Waals surface area contributed by atoms with E-state index >= 15 is 0 Å². The maximum absolute atomic E-state index is 13.2. The number of benzene rings is 1. The number of halogens is 2. The molecule has 32 heavy (non-hydrogen) atoms. The van der Waals surface area contributed by atoms with Crippen molar-refractivity contribution in [2.75, 3.05) is 45.4 Å². The van der Waals surface area contributed by atoms with Gasteiger partial charge >= 0.3 is 11.9 Å². The van der Waals surface area contributed by atoms with Gasteiger partial charge in [0.2, 0.25) is 0 Å². The first-order valence-corrected chi connectivity index (χ1v) is 12.3. The van der Waals surface area contributed by atoms with Gasteiger partial charge in [-0.05, 0) is 46.5 Å². The van der Waals surface area contributed by atoms with Crippen molar-refractivity contribution in [3.8, 4) is 0 Å². The Balaban J connectivity index is 2.34. The second-order valence-corrected chi connectivity index (χ2v) is 9.56. The summed E-state index contributed by atoms with van der Waals surface area (Å²) in [7, 11) is 4.04. The Bertz CT molecular complexity index is 915. The van der Waals surface area contributed by atoms with Crippen LogP contribution in [0.2, 0.25) is 10.0 Å². The van der Waals surface area contributed by atoms with Crippen LogP contribution >= 0.6 is 35.0 Å². The minimum atomic E-state index is -0.754. The van der Waals surface area contributed by atoms with Crippen LogP contribution in [0.4, 0.5) is 0 Å². The molecule has 9 heteroatoms. The number of carbonyl (C=O) groups is 2. The highest BCUT2D eigenvalue weighted by Gasteiger charge is 2.39. The minimum absolute atomic E-state index is 0.207. The maximum atomic E-state index is 13.2. The Kier molecular flexibility index (Phi) is 10.4. The van der Waals surface area contributed by atoms with Gasteiger partial charge in [-0.25, -0.2) is 9.59 Å². The molecule has 0 amide bonds. The monoisotopic (exact) mass is 500 g/mol. The Morgan fingerprint density at radius 1 is 1.06 bits per heavy atom. The first-order valence-electron chi connectivity index (χ1n) is 10.4. The molecule has 0 spiro atoms. The van der Waals surface area contributed by atoms with E-state index in [1.54, 1.807) is 50.7 Å². The van der Waals surface area contributed by atoms with E-state index in [2.05, 4.69) is 10.2 Å². The van der Waals surface area contributed by atoms with E-state index in [-0.39, 0.29) is 18.2 Å². The van der Waals surface area contributed by atoms with Gasteiger partial charge in [-0.2, -0.15) is 11.8 Å². The average Bonchev–Trinajstić information content (AvgIpc) is 2.71.